The summed E-state index contributed by atoms with van der Waals surface area (Å²) in [6, 6.07) is 0. The van der Waals surface area contributed by atoms with Crippen molar-refractivity contribution in [3.8, 4) is 0 Å². The average Bonchev–Trinajstić information content (AvgIpc) is 2.11. The van der Waals surface area contributed by atoms with E-state index in [1.54, 1.807) is 0 Å². The molecule has 0 bridgehead atoms. The third kappa shape index (κ3) is 9.28. The van der Waals surface area contributed by atoms with Gasteiger partial charge in [-0.2, -0.15) is 0 Å². The summed E-state index contributed by atoms with van der Waals surface area (Å²) in [6.45, 7) is 6.92. The molecule has 0 aromatic carbocycles. The van der Waals surface area contributed by atoms with Crippen LogP contribution in [0.5, 0.6) is 0 Å². The Bertz CT molecular complexity index is 200. The Balaban J connectivity index is -0.000000240. The Kier molecular flexibility index (Phi) is 11.5. The monoisotopic (exact) mass is 210 g/mol. The molecule has 0 aromatic heterocycles. The second-order valence-electron chi connectivity index (χ2n) is 2.12. The van der Waals surface area contributed by atoms with Gasteiger partial charge < -0.3 is 12.3 Å². The van der Waals surface area contributed by atoms with Crippen LogP contribution in [0.4, 0.5) is 0 Å². The minimum Gasteiger partial charge on any atom is -1.00 e. The average molecular weight is 211 g/mol. The molecule has 0 aromatic rings. The molecule has 0 N–H and O–H groups in total. The Morgan fingerprint density at radius 1 is 1.07 bits per heavy atom. The number of carbonyl (C=O) groups is 2. The van der Waals surface area contributed by atoms with E-state index in [-0.39, 0.29) is 45.5 Å². The van der Waals surface area contributed by atoms with Crippen LogP contribution in [0.2, 0.25) is 0 Å². The fraction of sp³-hybridized carbons (Fsp3) is 0.333. The van der Waals surface area contributed by atoms with Gasteiger partial charge in [-0.1, -0.05) is 25.3 Å². The van der Waals surface area contributed by atoms with Crippen LogP contribution in [0.1, 0.15) is 9.27 Å². The van der Waals surface area contributed by atoms with Gasteiger partial charge in [-0.15, -0.1) is 0 Å². The molecule has 0 fully saturated rings. The van der Waals surface area contributed by atoms with Crippen molar-refractivity contribution in [2.45, 2.75) is 6.42 Å². The zero-order valence-electron chi connectivity index (χ0n) is 10.0. The van der Waals surface area contributed by atoms with Gasteiger partial charge in [-0.25, -0.2) is 0 Å². The molecule has 0 aliphatic heterocycles. The summed E-state index contributed by atoms with van der Waals surface area (Å²) in [5, 5.41) is 0. The number of esters is 2. The van der Waals surface area contributed by atoms with Gasteiger partial charge in [-0.05, 0) is 0 Å². The van der Waals surface area contributed by atoms with Crippen molar-refractivity contribution in [2.75, 3.05) is 13.2 Å². The normalized spacial score (nSPS) is 8.00. The summed E-state index contributed by atoms with van der Waals surface area (Å²) in [6.07, 6.45) is 2.47. The van der Waals surface area contributed by atoms with E-state index >= 15 is 0 Å². The molecule has 0 radical (unpaired) electrons. The van der Waals surface area contributed by atoms with Crippen LogP contribution < -0.4 is 0 Å². The standard InChI is InChI=1S/C9H12O4.Mg.2H/c1-3-5-12-8(10)7-9(11)13-6-4-2;;;/h3-4H,1-2,5-7H2;;;/q;+2;2*-1. The predicted molar refractivity (Wildman–Crippen MR) is 54.9 cm³/mol. The van der Waals surface area contributed by atoms with Crippen molar-refractivity contribution in [3.05, 3.63) is 25.3 Å². The van der Waals surface area contributed by atoms with Gasteiger partial charge in [0.25, 0.3) is 0 Å². The second-order valence-corrected chi connectivity index (χ2v) is 2.12. The van der Waals surface area contributed by atoms with Crippen molar-refractivity contribution in [1.29, 1.82) is 0 Å². The van der Waals surface area contributed by atoms with Gasteiger partial charge >= 0.3 is 35.0 Å². The van der Waals surface area contributed by atoms with E-state index in [4.69, 9.17) is 0 Å². The van der Waals surface area contributed by atoms with E-state index in [1.165, 1.54) is 12.2 Å². The molecular formula is C9H14MgO4. The SMILES string of the molecule is C=CCOC(=O)CC(=O)OCC=C.[H-].[H-].[Mg+2]. The van der Waals surface area contributed by atoms with Crippen LogP contribution in [-0.2, 0) is 19.1 Å². The second kappa shape index (κ2) is 10.3. The fourth-order valence-corrected chi connectivity index (χ4v) is 0.524. The van der Waals surface area contributed by atoms with Gasteiger partial charge in [0.05, 0.1) is 0 Å². The molecule has 0 aliphatic rings. The van der Waals surface area contributed by atoms with E-state index in [0.717, 1.165) is 0 Å². The third-order valence-electron chi connectivity index (χ3n) is 1.01. The molecule has 0 amide bonds. The Morgan fingerprint density at radius 2 is 1.43 bits per heavy atom. The molecule has 0 saturated carbocycles. The first-order valence-electron chi connectivity index (χ1n) is 3.73. The van der Waals surface area contributed by atoms with Gasteiger partial charge in [0.1, 0.15) is 19.6 Å². The summed E-state index contributed by atoms with van der Waals surface area (Å²) in [5.74, 6) is -1.23. The minimum absolute atomic E-state index is 0. The summed E-state index contributed by atoms with van der Waals surface area (Å²) in [7, 11) is 0. The van der Waals surface area contributed by atoms with E-state index in [9.17, 15) is 9.59 Å². The summed E-state index contributed by atoms with van der Waals surface area (Å²) in [4.78, 5) is 21.6. The number of rotatable bonds is 6. The summed E-state index contributed by atoms with van der Waals surface area (Å²) in [5.41, 5.74) is 0. The number of hydrogen-bond acceptors (Lipinski definition) is 4. The molecule has 76 valence electrons. The molecule has 5 heteroatoms. The van der Waals surface area contributed by atoms with Gasteiger partial charge in [-0.3, -0.25) is 9.59 Å². The molecule has 0 spiro atoms. The van der Waals surface area contributed by atoms with Gasteiger partial charge in [0.15, 0.2) is 0 Å². The van der Waals surface area contributed by atoms with E-state index in [2.05, 4.69) is 22.6 Å². The van der Waals surface area contributed by atoms with Gasteiger partial charge in [0, 0.05) is 0 Å². The van der Waals surface area contributed by atoms with Crippen LogP contribution in [0, 0.1) is 0 Å². The van der Waals surface area contributed by atoms with E-state index in [1.807, 2.05) is 0 Å². The molecule has 0 heterocycles. The van der Waals surface area contributed by atoms with Crippen molar-refractivity contribution in [2.24, 2.45) is 0 Å². The molecule has 0 aliphatic carbocycles. The van der Waals surface area contributed by atoms with Crippen molar-refractivity contribution < 1.29 is 21.9 Å². The van der Waals surface area contributed by atoms with E-state index < -0.39 is 11.9 Å². The zero-order valence-corrected chi connectivity index (χ0v) is 9.44. The smallest absolute Gasteiger partial charge is 1.00 e. The van der Waals surface area contributed by atoms with Crippen molar-refractivity contribution in [3.63, 3.8) is 0 Å². The Labute approximate surface area is 102 Å². The minimum atomic E-state index is -0.617. The topological polar surface area (TPSA) is 52.6 Å². The van der Waals surface area contributed by atoms with Gasteiger partial charge in [0.2, 0.25) is 0 Å². The molecule has 0 saturated heterocycles. The molecule has 0 rings (SSSR count). The first-order chi connectivity index (χ1) is 6.20. The molecule has 4 nitrogen and oxygen atoms in total. The zero-order chi connectivity index (χ0) is 10.1. The molecule has 0 unspecified atom stereocenters. The largest absolute Gasteiger partial charge is 2.00 e. The maximum absolute atomic E-state index is 10.8. The van der Waals surface area contributed by atoms with Crippen LogP contribution in [0.25, 0.3) is 0 Å². The molecule has 0 atom stereocenters. The number of hydrogen-bond donors (Lipinski definition) is 0. The van der Waals surface area contributed by atoms with E-state index in [0.29, 0.717) is 0 Å². The molecule has 14 heavy (non-hydrogen) atoms. The first-order valence-corrected chi connectivity index (χ1v) is 3.73. The maximum atomic E-state index is 10.8. The number of carbonyl (C=O) groups excluding carboxylic acids is 2. The predicted octanol–water partition coefficient (Wildman–Crippen LogP) is 0.679. The van der Waals surface area contributed by atoms with Crippen LogP contribution in [0.3, 0.4) is 0 Å². The Hall–Kier alpha value is -0.814. The van der Waals surface area contributed by atoms with Crippen LogP contribution in [-0.4, -0.2) is 48.2 Å². The summed E-state index contributed by atoms with van der Waals surface area (Å²) >= 11 is 0. The quantitative estimate of drug-likeness (QED) is 0.280. The maximum Gasteiger partial charge on any atom is 2.00 e. The first kappa shape index (κ1) is 15.6. The summed E-state index contributed by atoms with van der Waals surface area (Å²) < 4.78 is 9.12. The van der Waals surface area contributed by atoms with Crippen molar-refractivity contribution >= 4 is 35.0 Å². The molecular weight excluding hydrogens is 196 g/mol. The van der Waals surface area contributed by atoms with Crippen LogP contribution >= 0.6 is 0 Å². The third-order valence-corrected chi connectivity index (χ3v) is 1.01. The van der Waals surface area contributed by atoms with Crippen LogP contribution in [0.15, 0.2) is 25.3 Å². The number of ether oxygens (including phenoxy) is 2. The Morgan fingerprint density at radius 3 is 1.71 bits per heavy atom. The fourth-order valence-electron chi connectivity index (χ4n) is 0.524. The van der Waals surface area contributed by atoms with Crippen molar-refractivity contribution in [1.82, 2.24) is 0 Å².